The van der Waals surface area contributed by atoms with Crippen LogP contribution < -0.4 is 0 Å². The minimum absolute atomic E-state index is 0.750. The average Bonchev–Trinajstić information content (AvgIpc) is 2.40. The molecule has 84 valence electrons. The second-order valence-corrected chi connectivity index (χ2v) is 3.10. The summed E-state index contributed by atoms with van der Waals surface area (Å²) in [7, 11) is 0. The van der Waals surface area contributed by atoms with Crippen LogP contribution in [0.1, 0.15) is 11.3 Å². The zero-order valence-corrected chi connectivity index (χ0v) is 9.19. The van der Waals surface area contributed by atoms with E-state index in [9.17, 15) is 0 Å². The van der Waals surface area contributed by atoms with Crippen molar-refractivity contribution >= 4 is 12.2 Å². The van der Waals surface area contributed by atoms with Crippen LogP contribution in [0, 0.1) is 11.5 Å². The molecule has 1 heterocycles. The van der Waals surface area contributed by atoms with Gasteiger partial charge in [-0.05, 0) is 23.8 Å². The largest absolute Gasteiger partial charge is 0.443 e. The molecular weight excluding hydrogens is 212 g/mol. The number of hydrogen-bond acceptors (Lipinski definition) is 3. The van der Waals surface area contributed by atoms with E-state index in [1.807, 2.05) is 42.5 Å². The lowest BCUT2D eigenvalue weighted by Crippen LogP contribution is -1.76. The molecule has 0 fully saturated rings. The Kier molecular flexibility index (Phi) is 5.62. The van der Waals surface area contributed by atoms with Gasteiger partial charge in [-0.15, -0.1) is 0 Å². The number of rotatable bonds is 2. The molecule has 3 heteroatoms. The zero-order chi connectivity index (χ0) is 12.3. The standard InChI is InChI=1S/C13H11N.CHNO/c1-2-6-12(7-3-1)9-10-13-8-4-5-11-14-13;2-1-3/h1-11H;3H/b10-9+;. The molecule has 17 heavy (non-hydrogen) atoms. The van der Waals surface area contributed by atoms with Crippen molar-refractivity contribution in [3.05, 3.63) is 66.0 Å². The summed E-state index contributed by atoms with van der Waals surface area (Å²) in [6, 6.07) is 16.1. The Bertz CT molecular complexity index is 445. The normalized spacial score (nSPS) is 9.12. The number of hydrogen-bond donors (Lipinski definition) is 1. The summed E-state index contributed by atoms with van der Waals surface area (Å²) in [4.78, 5) is 4.21. The van der Waals surface area contributed by atoms with Gasteiger partial charge in [0.2, 0.25) is 0 Å². The van der Waals surface area contributed by atoms with Gasteiger partial charge in [0.25, 0.3) is 6.26 Å². The van der Waals surface area contributed by atoms with Gasteiger partial charge in [-0.3, -0.25) is 4.98 Å². The van der Waals surface area contributed by atoms with Gasteiger partial charge >= 0.3 is 0 Å². The van der Waals surface area contributed by atoms with E-state index in [0.29, 0.717) is 0 Å². The predicted molar refractivity (Wildman–Crippen MR) is 67.2 cm³/mol. The molecule has 2 rings (SSSR count). The molecule has 0 amide bonds. The van der Waals surface area contributed by atoms with Crippen LogP contribution in [0.2, 0.25) is 0 Å². The van der Waals surface area contributed by atoms with E-state index in [2.05, 4.69) is 23.2 Å². The molecule has 1 aromatic heterocycles. The Hall–Kier alpha value is -2.60. The van der Waals surface area contributed by atoms with Crippen LogP contribution in [-0.2, 0) is 0 Å². The van der Waals surface area contributed by atoms with E-state index in [-0.39, 0.29) is 0 Å². The highest BCUT2D eigenvalue weighted by Gasteiger charge is 1.85. The third-order valence-corrected chi connectivity index (χ3v) is 1.93. The van der Waals surface area contributed by atoms with Crippen molar-refractivity contribution in [1.29, 1.82) is 5.26 Å². The molecule has 0 radical (unpaired) electrons. The molecule has 0 atom stereocenters. The van der Waals surface area contributed by atoms with E-state index in [1.165, 1.54) is 5.56 Å². The van der Waals surface area contributed by atoms with E-state index >= 15 is 0 Å². The zero-order valence-electron chi connectivity index (χ0n) is 9.19. The maximum absolute atomic E-state index is 6.88. The Morgan fingerprint density at radius 2 is 1.65 bits per heavy atom. The van der Waals surface area contributed by atoms with Gasteiger partial charge in [0, 0.05) is 6.20 Å². The number of aliphatic hydroxyl groups excluding tert-OH is 1. The lowest BCUT2D eigenvalue weighted by atomic mass is 10.2. The van der Waals surface area contributed by atoms with Gasteiger partial charge in [0.1, 0.15) is 0 Å². The molecule has 0 aliphatic heterocycles. The lowest BCUT2D eigenvalue weighted by molar-refractivity contribution is 0.503. The number of pyridine rings is 1. The van der Waals surface area contributed by atoms with Crippen molar-refractivity contribution in [2.75, 3.05) is 0 Å². The minimum Gasteiger partial charge on any atom is -0.443 e. The second kappa shape index (κ2) is 7.66. The number of aliphatic hydroxyl groups is 1. The van der Waals surface area contributed by atoms with Crippen molar-refractivity contribution < 1.29 is 5.11 Å². The topological polar surface area (TPSA) is 56.9 Å². The predicted octanol–water partition coefficient (Wildman–Crippen LogP) is 3.09. The van der Waals surface area contributed by atoms with Crippen LogP contribution in [-0.4, -0.2) is 10.1 Å². The summed E-state index contributed by atoms with van der Waals surface area (Å²) < 4.78 is 0. The third kappa shape index (κ3) is 5.14. The number of aromatic nitrogens is 1. The highest BCUT2D eigenvalue weighted by molar-refractivity contribution is 5.67. The quantitative estimate of drug-likeness (QED) is 0.797. The lowest BCUT2D eigenvalue weighted by Gasteiger charge is -1.92. The number of nitriles is 1. The van der Waals surface area contributed by atoms with Gasteiger partial charge in [0.15, 0.2) is 0 Å². The summed E-state index contributed by atoms with van der Waals surface area (Å²) in [5, 5.41) is 13.8. The van der Waals surface area contributed by atoms with Crippen LogP contribution in [0.5, 0.6) is 0 Å². The molecule has 1 aromatic carbocycles. The van der Waals surface area contributed by atoms with Crippen molar-refractivity contribution in [2.24, 2.45) is 0 Å². The molecule has 0 aliphatic carbocycles. The van der Waals surface area contributed by atoms with Crippen molar-refractivity contribution in [2.45, 2.75) is 0 Å². The SMILES string of the molecule is C(=C\c1ccccn1)/c1ccccc1.N#CO. The third-order valence-electron chi connectivity index (χ3n) is 1.93. The summed E-state index contributed by atoms with van der Waals surface area (Å²) in [5.74, 6) is 0. The summed E-state index contributed by atoms with van der Waals surface area (Å²) in [6.07, 6.45) is 6.61. The fraction of sp³-hybridized carbons (Fsp3) is 0. The van der Waals surface area contributed by atoms with Gasteiger partial charge in [-0.25, -0.2) is 0 Å². The second-order valence-electron chi connectivity index (χ2n) is 3.10. The van der Waals surface area contributed by atoms with Gasteiger partial charge in [-0.2, -0.15) is 5.26 Å². The van der Waals surface area contributed by atoms with E-state index in [4.69, 9.17) is 10.4 Å². The van der Waals surface area contributed by atoms with Crippen molar-refractivity contribution in [3.63, 3.8) is 0 Å². The van der Waals surface area contributed by atoms with Crippen molar-refractivity contribution in [1.82, 2.24) is 4.98 Å². The van der Waals surface area contributed by atoms with Gasteiger partial charge in [0.05, 0.1) is 5.69 Å². The van der Waals surface area contributed by atoms with Crippen LogP contribution in [0.15, 0.2) is 54.7 Å². The van der Waals surface area contributed by atoms with Gasteiger partial charge in [-0.1, -0.05) is 42.5 Å². The first-order valence-corrected chi connectivity index (χ1v) is 5.04. The first-order chi connectivity index (χ1) is 8.36. The van der Waals surface area contributed by atoms with Gasteiger partial charge < -0.3 is 5.11 Å². The summed E-state index contributed by atoms with van der Waals surface area (Å²) in [6.45, 7) is 0. The van der Waals surface area contributed by atoms with Crippen LogP contribution in [0.3, 0.4) is 0 Å². The van der Waals surface area contributed by atoms with Crippen LogP contribution >= 0.6 is 0 Å². The first kappa shape index (κ1) is 12.5. The van der Waals surface area contributed by atoms with Crippen molar-refractivity contribution in [3.8, 4) is 6.26 Å². The maximum Gasteiger partial charge on any atom is 0.283 e. The summed E-state index contributed by atoms with van der Waals surface area (Å²) in [5.41, 5.74) is 2.18. The Morgan fingerprint density at radius 3 is 2.24 bits per heavy atom. The Balaban J connectivity index is 0.000000437. The molecule has 1 N–H and O–H groups in total. The molecule has 0 unspecified atom stereocenters. The molecule has 0 saturated carbocycles. The molecule has 0 aliphatic rings. The molecular formula is C14H12N2O. The Labute approximate surface area is 100 Å². The van der Waals surface area contributed by atoms with Crippen LogP contribution in [0.25, 0.3) is 12.2 Å². The monoisotopic (exact) mass is 224 g/mol. The fourth-order valence-electron chi connectivity index (χ4n) is 1.22. The molecule has 3 nitrogen and oxygen atoms in total. The van der Waals surface area contributed by atoms with Crippen LogP contribution in [0.4, 0.5) is 0 Å². The maximum atomic E-state index is 6.88. The molecule has 0 bridgehead atoms. The number of nitrogens with zero attached hydrogens (tertiary/aromatic N) is 2. The minimum atomic E-state index is 0.750. The Morgan fingerprint density at radius 1 is 1.00 bits per heavy atom. The van der Waals surface area contributed by atoms with E-state index < -0.39 is 0 Å². The van der Waals surface area contributed by atoms with E-state index in [0.717, 1.165) is 11.9 Å². The smallest absolute Gasteiger partial charge is 0.283 e. The molecule has 0 saturated heterocycles. The van der Waals surface area contributed by atoms with E-state index in [1.54, 1.807) is 6.20 Å². The molecule has 2 aromatic rings. The highest BCUT2D eigenvalue weighted by Crippen LogP contribution is 2.04. The number of benzene rings is 1. The summed E-state index contributed by atoms with van der Waals surface area (Å²) >= 11 is 0. The molecule has 0 spiro atoms. The highest BCUT2D eigenvalue weighted by atomic mass is 16.2. The fourth-order valence-corrected chi connectivity index (χ4v) is 1.22. The first-order valence-electron chi connectivity index (χ1n) is 5.04. The average molecular weight is 224 g/mol.